The molecule has 17 nitrogen and oxygen atoms in total. The third kappa shape index (κ3) is 4.90. The number of hydrogen-bond donors (Lipinski definition) is 10. The van der Waals surface area contributed by atoms with Gasteiger partial charge in [-0.05, 0) is 43.9 Å². The van der Waals surface area contributed by atoms with Crippen LogP contribution in [-0.2, 0) is 31.5 Å². The number of carbonyl (C=O) groups excluding carboxylic acids is 4. The Balaban J connectivity index is 1.74. The molecule has 0 aromatic heterocycles. The van der Waals surface area contributed by atoms with Crippen molar-refractivity contribution in [1.82, 2.24) is 4.90 Å². The molecular weight excluding hydrogens is 739 g/mol. The van der Waals surface area contributed by atoms with Crippen LogP contribution in [0.25, 0.3) is 5.76 Å². The van der Waals surface area contributed by atoms with E-state index in [1.54, 1.807) is 0 Å². The number of primary amides is 1. The fourth-order valence-corrected chi connectivity index (χ4v) is 8.98. The standard InChI is InChI=1S/C30H29ClF3N9O8S/c1-43(2)21-19(46)15(24(37)49)22(47)27(8-35)23(48)16-18(45)14-10(20(36)28(16,38)25(52(40)51)29(21,27)39)4-6-13(17(14)44)42-26(50)41-12-5-3-9(31)7-11(12)30(32,33)34/h3-7,20-21,25,44-45,47H,36,38-40H2,1-2H3,(H2,37,49)(H2,41,42,50)/t20-,21+,25-,27-,28+,29-,52?/m0/s1. The summed E-state index contributed by atoms with van der Waals surface area (Å²) in [5.41, 5.74) is 10.9. The largest absolute Gasteiger partial charge is 0.509 e. The van der Waals surface area contributed by atoms with Crippen molar-refractivity contribution in [2.24, 2.45) is 33.5 Å². The van der Waals surface area contributed by atoms with E-state index in [-0.39, 0.29) is 10.6 Å². The Morgan fingerprint density at radius 1 is 1.08 bits per heavy atom. The summed E-state index contributed by atoms with van der Waals surface area (Å²) < 4.78 is 54.4. The van der Waals surface area contributed by atoms with Gasteiger partial charge in [-0.3, -0.25) is 24.4 Å². The minimum absolute atomic E-state index is 0.281. The number of ketones is 2. The lowest BCUT2D eigenvalue weighted by atomic mass is 9.46. The summed E-state index contributed by atoms with van der Waals surface area (Å²) in [7, 11) is -0.404. The average molecular weight is 768 g/mol. The molecule has 15 N–H and O–H groups in total. The van der Waals surface area contributed by atoms with E-state index in [4.69, 9.17) is 39.7 Å². The van der Waals surface area contributed by atoms with Crippen LogP contribution in [-0.4, -0.2) is 84.4 Å². The molecule has 1 saturated carbocycles. The predicted molar refractivity (Wildman–Crippen MR) is 178 cm³/mol. The topological polar surface area (TPSA) is 327 Å². The number of aliphatic hydroxyl groups excluding tert-OH is 2. The number of phenols is 1. The summed E-state index contributed by atoms with van der Waals surface area (Å²) in [6.07, 6.45) is -4.94. The van der Waals surface area contributed by atoms with Crippen molar-refractivity contribution in [2.45, 2.75) is 34.6 Å². The molecule has 0 radical (unpaired) electrons. The maximum absolute atomic E-state index is 14.7. The number of halogens is 4. The lowest BCUT2D eigenvalue weighted by Crippen LogP contribution is -2.88. The van der Waals surface area contributed by atoms with E-state index < -0.39 is 125 Å². The third-order valence-electron chi connectivity index (χ3n) is 9.54. The second-order valence-corrected chi connectivity index (χ2v) is 14.0. The van der Waals surface area contributed by atoms with Crippen molar-refractivity contribution >= 4 is 63.2 Å². The van der Waals surface area contributed by atoms with Crippen molar-refractivity contribution in [3.05, 3.63) is 69.0 Å². The molecule has 0 bridgehead atoms. The molecule has 2 aromatic rings. The zero-order chi connectivity index (χ0) is 39.2. The van der Waals surface area contributed by atoms with E-state index >= 15 is 0 Å². The van der Waals surface area contributed by atoms with Crippen molar-refractivity contribution < 1.29 is 51.9 Å². The summed E-state index contributed by atoms with van der Waals surface area (Å²) in [4.78, 5) is 54.8. The van der Waals surface area contributed by atoms with E-state index in [2.05, 4.69) is 5.32 Å². The van der Waals surface area contributed by atoms with Gasteiger partial charge < -0.3 is 48.9 Å². The quantitative estimate of drug-likeness (QED) is 0.145. The summed E-state index contributed by atoms with van der Waals surface area (Å²) in [6, 6.07) is 0.989. The van der Waals surface area contributed by atoms with Gasteiger partial charge in [-0.25, -0.2) is 9.00 Å². The molecule has 0 heterocycles. The molecule has 0 saturated heterocycles. The fourth-order valence-electron chi connectivity index (χ4n) is 7.47. The van der Waals surface area contributed by atoms with E-state index in [0.29, 0.717) is 6.07 Å². The first kappa shape index (κ1) is 38.2. The molecule has 5 rings (SSSR count). The summed E-state index contributed by atoms with van der Waals surface area (Å²) in [6.45, 7) is 0. The highest BCUT2D eigenvalue weighted by Gasteiger charge is 2.80. The van der Waals surface area contributed by atoms with Gasteiger partial charge in [0.2, 0.25) is 0 Å². The number of alkyl halides is 3. The zero-order valence-electron chi connectivity index (χ0n) is 26.7. The first-order valence-corrected chi connectivity index (χ1v) is 16.2. The molecular formula is C30H29ClF3N9O8S. The van der Waals surface area contributed by atoms with Crippen LogP contribution in [0, 0.1) is 16.7 Å². The number of carbonyl (C=O) groups is 4. The molecule has 1 fully saturated rings. The maximum atomic E-state index is 14.7. The molecule has 0 aliphatic heterocycles. The van der Waals surface area contributed by atoms with Gasteiger partial charge in [0.05, 0.1) is 73.5 Å². The Morgan fingerprint density at radius 2 is 1.65 bits per heavy atom. The first-order valence-electron chi connectivity index (χ1n) is 14.6. The molecule has 0 spiro atoms. The Morgan fingerprint density at radius 3 is 2.17 bits per heavy atom. The number of fused-ring (bicyclic) bond motifs is 3. The number of nitriles is 1. The van der Waals surface area contributed by atoms with Crippen LogP contribution in [0.1, 0.15) is 22.7 Å². The van der Waals surface area contributed by atoms with Crippen molar-refractivity contribution in [3.63, 3.8) is 0 Å². The molecule has 276 valence electrons. The molecule has 3 amide bonds. The monoisotopic (exact) mass is 767 g/mol. The number of urea groups is 1. The number of aromatic hydroxyl groups is 1. The Bertz CT molecular complexity index is 2140. The Kier molecular flexibility index (Phi) is 9.00. The molecule has 52 heavy (non-hydrogen) atoms. The summed E-state index contributed by atoms with van der Waals surface area (Å²) in [5, 5.41) is 52.7. The lowest BCUT2D eigenvalue weighted by Gasteiger charge is -2.63. The second kappa shape index (κ2) is 12.3. The van der Waals surface area contributed by atoms with Gasteiger partial charge in [0.25, 0.3) is 5.91 Å². The highest BCUT2D eigenvalue weighted by atomic mass is 35.5. The van der Waals surface area contributed by atoms with Crippen LogP contribution in [0.5, 0.6) is 5.75 Å². The van der Waals surface area contributed by atoms with Crippen LogP contribution in [0.2, 0.25) is 5.02 Å². The average Bonchev–Trinajstić information content (AvgIpc) is 3.00. The number of amides is 3. The predicted octanol–water partition coefficient (Wildman–Crippen LogP) is 0.280. The van der Waals surface area contributed by atoms with Gasteiger partial charge in [0.1, 0.15) is 22.8 Å². The Labute approximate surface area is 298 Å². The SMILES string of the molecule is CN(C)[C@@H]1C(=O)C(C(N)=O)=C(O)[C@@]2(C#N)C(=O)C3=C(O)c4c(ccc(NC(=O)Nc5ccc(Cl)cc5C(F)(F)F)c4O)[C@H](N)[C@@]3(N)[C@H](S(N)=O)[C@@]12N. The van der Waals surface area contributed by atoms with Gasteiger partial charge >= 0.3 is 12.2 Å². The second-order valence-electron chi connectivity index (χ2n) is 12.5. The van der Waals surface area contributed by atoms with E-state index in [9.17, 15) is 57.1 Å². The number of benzene rings is 2. The summed E-state index contributed by atoms with van der Waals surface area (Å²) >= 11 is 5.68. The minimum Gasteiger partial charge on any atom is -0.509 e. The number of likely N-dealkylation sites (N-methyl/N-ethyl adjacent to an activating group) is 1. The van der Waals surface area contributed by atoms with Crippen molar-refractivity contribution in [1.29, 1.82) is 5.26 Å². The molecule has 7 atom stereocenters. The van der Waals surface area contributed by atoms with Crippen LogP contribution in [0.3, 0.4) is 0 Å². The molecule has 1 unspecified atom stereocenters. The lowest BCUT2D eigenvalue weighted by molar-refractivity contribution is -0.139. The highest BCUT2D eigenvalue weighted by molar-refractivity contribution is 7.83. The molecule has 3 aliphatic carbocycles. The molecule has 3 aliphatic rings. The van der Waals surface area contributed by atoms with E-state index in [0.717, 1.165) is 29.2 Å². The third-order valence-corrected chi connectivity index (χ3v) is 11.0. The molecule has 2 aromatic carbocycles. The number of nitrogens with zero attached hydrogens (tertiary/aromatic N) is 2. The highest BCUT2D eigenvalue weighted by Crippen LogP contribution is 2.61. The van der Waals surface area contributed by atoms with Gasteiger partial charge in [0.15, 0.2) is 17.0 Å². The zero-order valence-corrected chi connectivity index (χ0v) is 28.3. The van der Waals surface area contributed by atoms with Gasteiger partial charge in [-0.1, -0.05) is 17.7 Å². The minimum atomic E-state index is -4.94. The number of anilines is 2. The number of phenolic OH excluding ortho intramolecular Hbond substituents is 1. The smallest absolute Gasteiger partial charge is 0.418 e. The Hall–Kier alpha value is -5.08. The van der Waals surface area contributed by atoms with Gasteiger partial charge in [-0.2, -0.15) is 18.4 Å². The van der Waals surface area contributed by atoms with Crippen molar-refractivity contribution in [2.75, 3.05) is 24.7 Å². The van der Waals surface area contributed by atoms with E-state index in [1.807, 2.05) is 5.32 Å². The normalized spacial score (nSPS) is 29.2. The first-order chi connectivity index (χ1) is 24.0. The van der Waals surface area contributed by atoms with E-state index in [1.165, 1.54) is 20.2 Å². The summed E-state index contributed by atoms with van der Waals surface area (Å²) in [5.74, 6) is -8.34. The van der Waals surface area contributed by atoms with Crippen molar-refractivity contribution in [3.8, 4) is 11.8 Å². The van der Waals surface area contributed by atoms with Crippen LogP contribution < -0.4 is 38.7 Å². The van der Waals surface area contributed by atoms with Gasteiger partial charge in [0, 0.05) is 5.02 Å². The molecule has 22 heteroatoms. The van der Waals surface area contributed by atoms with Crippen LogP contribution in [0.15, 0.2) is 47.2 Å². The maximum Gasteiger partial charge on any atom is 0.418 e. The van der Waals surface area contributed by atoms with Gasteiger partial charge in [-0.15, -0.1) is 0 Å². The van der Waals surface area contributed by atoms with Crippen LogP contribution in [0.4, 0.5) is 29.3 Å². The number of hydrogen-bond acceptors (Lipinski definition) is 13. The number of aliphatic hydroxyl groups is 2. The number of Topliss-reactive ketones (excluding diaryl/α,β-unsaturated/α-hetero) is 2. The van der Waals surface area contributed by atoms with Crippen LogP contribution >= 0.6 is 11.6 Å². The number of rotatable bonds is 5. The number of nitrogens with two attached hydrogens (primary N) is 5. The number of nitrogens with one attached hydrogen (secondary N) is 2. The fraction of sp³-hybridized carbons (Fsp3) is 0.300.